The first-order valence-corrected chi connectivity index (χ1v) is 18.2. The molecule has 2 aromatic carbocycles. The summed E-state index contributed by atoms with van der Waals surface area (Å²) < 4.78 is 43.9. The third-order valence-corrected chi connectivity index (χ3v) is 12.3. The summed E-state index contributed by atoms with van der Waals surface area (Å²) >= 11 is 0. The topological polar surface area (TPSA) is 61.8 Å². The van der Waals surface area contributed by atoms with E-state index in [2.05, 4.69) is 71.6 Å². The molecule has 0 heterocycles. The first kappa shape index (κ1) is 40.4. The molecule has 2 aromatic rings. The monoisotopic (exact) mass is 698 g/mol. The van der Waals surface area contributed by atoms with Crippen LogP contribution in [0.3, 0.4) is 0 Å². The van der Waals surface area contributed by atoms with Crippen molar-refractivity contribution in [2.75, 3.05) is 13.2 Å². The zero-order chi connectivity index (χ0) is 36.6. The number of hydrogen-bond acceptors (Lipinski definition) is 5. The van der Waals surface area contributed by atoms with Crippen LogP contribution in [0.5, 0.6) is 5.75 Å². The third-order valence-electron chi connectivity index (χ3n) is 11.8. The Morgan fingerprint density at radius 2 is 1.71 bits per heavy atom. The molecular weight excluding hydrogens is 641 g/mol. The molecule has 1 aliphatic rings. The van der Waals surface area contributed by atoms with E-state index < -0.39 is 23.0 Å². The number of benzene rings is 2. The number of esters is 2. The van der Waals surface area contributed by atoms with Gasteiger partial charge in [-0.2, -0.15) is 0 Å². The van der Waals surface area contributed by atoms with Gasteiger partial charge in [-0.3, -0.25) is 4.79 Å². The van der Waals surface area contributed by atoms with Crippen molar-refractivity contribution in [3.8, 4) is 5.75 Å². The van der Waals surface area contributed by atoms with Gasteiger partial charge in [-0.15, -0.1) is 9.24 Å². The van der Waals surface area contributed by atoms with E-state index >= 15 is 0 Å². The average Bonchev–Trinajstić information content (AvgIpc) is 3.56. The zero-order valence-electron chi connectivity index (χ0n) is 31.0. The summed E-state index contributed by atoms with van der Waals surface area (Å²) in [4.78, 5) is 26.0. The number of rotatable bonds is 18. The highest BCUT2D eigenvalue weighted by molar-refractivity contribution is 7.27. The molecule has 0 N–H and O–H groups in total. The van der Waals surface area contributed by atoms with Gasteiger partial charge in [0.2, 0.25) is 0 Å². The van der Waals surface area contributed by atoms with Crippen LogP contribution in [-0.2, 0) is 25.7 Å². The summed E-state index contributed by atoms with van der Waals surface area (Å²) in [5.41, 5.74) is 0.588. The number of hydrogen-bond donors (Lipinski definition) is 0. The molecule has 0 spiro atoms. The lowest BCUT2D eigenvalue weighted by molar-refractivity contribution is -0.154. The van der Waals surface area contributed by atoms with E-state index in [-0.39, 0.29) is 46.7 Å². The van der Waals surface area contributed by atoms with Crippen molar-refractivity contribution in [1.82, 2.24) is 0 Å². The Bertz CT molecular complexity index is 1470. The number of ether oxygens (including phenoxy) is 3. The second-order valence-electron chi connectivity index (χ2n) is 15.2. The summed E-state index contributed by atoms with van der Waals surface area (Å²) in [7, 11) is 2.12. The quantitative estimate of drug-likeness (QED) is 0.0510. The van der Waals surface area contributed by atoms with Crippen LogP contribution in [0.25, 0.3) is 6.08 Å². The van der Waals surface area contributed by atoms with E-state index in [4.69, 9.17) is 14.2 Å². The Kier molecular flexibility index (Phi) is 13.8. The molecule has 5 nitrogen and oxygen atoms in total. The van der Waals surface area contributed by atoms with Crippen molar-refractivity contribution in [1.29, 1.82) is 0 Å². The summed E-state index contributed by atoms with van der Waals surface area (Å²) in [5.74, 6) is -1.10. The Labute approximate surface area is 295 Å². The predicted octanol–water partition coefficient (Wildman–Crippen LogP) is 10.0. The van der Waals surface area contributed by atoms with Crippen molar-refractivity contribution < 1.29 is 32.6 Å². The van der Waals surface area contributed by atoms with E-state index in [1.807, 2.05) is 36.4 Å². The minimum Gasteiger partial charge on any atom is -0.494 e. The van der Waals surface area contributed by atoms with E-state index in [9.17, 15) is 18.4 Å². The van der Waals surface area contributed by atoms with Gasteiger partial charge in [0.05, 0.1) is 12.0 Å². The Morgan fingerprint density at radius 3 is 2.33 bits per heavy atom. The smallest absolute Gasteiger partial charge is 0.331 e. The first-order valence-electron chi connectivity index (χ1n) is 17.6. The minimum absolute atomic E-state index is 0.0213. The van der Waals surface area contributed by atoms with E-state index in [0.717, 1.165) is 43.7 Å². The Hall–Kier alpha value is -3.05. The van der Waals surface area contributed by atoms with Crippen LogP contribution in [0.4, 0.5) is 8.78 Å². The largest absolute Gasteiger partial charge is 0.494 e. The molecular formula is C41H57F2O5P. The molecule has 0 radical (unpaired) electrons. The molecule has 0 aromatic heterocycles. The van der Waals surface area contributed by atoms with Gasteiger partial charge in [-0.05, 0) is 88.8 Å². The molecule has 3 unspecified atom stereocenters. The van der Waals surface area contributed by atoms with E-state index in [0.29, 0.717) is 23.8 Å². The number of carbonyl (C=O) groups is 2. The fourth-order valence-corrected chi connectivity index (χ4v) is 7.71. The lowest BCUT2D eigenvalue weighted by atomic mass is 9.64. The Morgan fingerprint density at radius 1 is 1.04 bits per heavy atom. The molecule has 0 amide bonds. The number of allylic oxidation sites excluding steroid dienone is 1. The molecule has 8 heteroatoms. The van der Waals surface area contributed by atoms with Gasteiger partial charge in [0.25, 0.3) is 0 Å². The van der Waals surface area contributed by atoms with Crippen LogP contribution in [0.1, 0.15) is 106 Å². The van der Waals surface area contributed by atoms with Crippen molar-refractivity contribution in [2.24, 2.45) is 33.5 Å². The van der Waals surface area contributed by atoms with E-state index in [1.165, 1.54) is 12.1 Å². The fourth-order valence-electron chi connectivity index (χ4n) is 7.35. The maximum Gasteiger partial charge on any atom is 0.331 e. The van der Waals surface area contributed by atoms with Crippen molar-refractivity contribution in [2.45, 2.75) is 101 Å². The maximum atomic E-state index is 13.9. The van der Waals surface area contributed by atoms with Crippen LogP contribution < -0.4 is 10.0 Å². The van der Waals surface area contributed by atoms with Crippen LogP contribution in [-0.4, -0.2) is 25.2 Å². The zero-order valence-corrected chi connectivity index (χ0v) is 32.1. The average molecular weight is 699 g/mol. The van der Waals surface area contributed by atoms with Gasteiger partial charge in [-0.1, -0.05) is 99.4 Å². The third kappa shape index (κ3) is 9.20. The molecule has 0 bridgehead atoms. The van der Waals surface area contributed by atoms with Crippen molar-refractivity contribution in [3.05, 3.63) is 77.4 Å². The molecule has 3 rings (SSSR count). The second kappa shape index (κ2) is 16.8. The maximum absolute atomic E-state index is 13.9. The summed E-state index contributed by atoms with van der Waals surface area (Å²) in [5, 5.41) is 0.0748. The van der Waals surface area contributed by atoms with Crippen LogP contribution >= 0.6 is 9.24 Å². The van der Waals surface area contributed by atoms with Gasteiger partial charge in [0, 0.05) is 11.4 Å². The number of unbranched alkanes of at least 4 members (excludes halogenated alkanes) is 1. The molecule has 5 atom stereocenters. The first-order chi connectivity index (χ1) is 23.0. The second-order valence-corrected chi connectivity index (χ2v) is 15.8. The SMILES string of the molecule is CC[C@H](C)C(C)(C)C[C@@]1(C(=O)OC/C=C/CCCOc2ccc(/C=C/C(=O)OCc3cc(F)c(F)c(P)c3)cc2)C(C)C1(C)C(C)(C)CC. The van der Waals surface area contributed by atoms with Gasteiger partial charge in [0.1, 0.15) is 19.0 Å². The fraction of sp³-hybridized carbons (Fsp3) is 0.561. The van der Waals surface area contributed by atoms with Crippen molar-refractivity contribution in [3.63, 3.8) is 0 Å². The highest BCUT2D eigenvalue weighted by Gasteiger charge is 2.80. The van der Waals surface area contributed by atoms with E-state index in [1.54, 1.807) is 6.08 Å². The summed E-state index contributed by atoms with van der Waals surface area (Å²) in [6.45, 7) is 21.1. The molecule has 1 aliphatic carbocycles. The van der Waals surface area contributed by atoms with Gasteiger partial charge < -0.3 is 14.2 Å². The Balaban J connectivity index is 1.42. The van der Waals surface area contributed by atoms with Crippen LogP contribution in [0, 0.1) is 45.1 Å². The lowest BCUT2D eigenvalue weighted by Crippen LogP contribution is -2.38. The predicted molar refractivity (Wildman–Crippen MR) is 197 cm³/mol. The standard InChI is InChI=1S/C41H57F2O5P/c1-10-28(3)38(5,6)27-41(29(4)40(41,9)39(7,8)11-2)37(45)47-23-15-13-12-14-22-46-32-19-16-30(17-20-32)18-21-35(44)48-26-31-24-33(42)36(43)34(49)25-31/h13,15-21,24-25,28-29H,10-12,14,22-23,26-27,49H2,1-9H3/b15-13+,21-18+/t28-,29?,40?,41-/m0/s1. The molecule has 0 saturated heterocycles. The van der Waals surface area contributed by atoms with Crippen LogP contribution in [0.15, 0.2) is 54.6 Å². The van der Waals surface area contributed by atoms with Gasteiger partial charge >= 0.3 is 11.9 Å². The highest BCUT2D eigenvalue weighted by atomic mass is 31.0. The normalized spacial score (nSPS) is 21.6. The molecule has 49 heavy (non-hydrogen) atoms. The summed E-state index contributed by atoms with van der Waals surface area (Å²) in [6.07, 6.45) is 11.4. The number of carbonyl (C=O) groups excluding carboxylic acids is 2. The molecule has 1 saturated carbocycles. The molecule has 270 valence electrons. The van der Waals surface area contributed by atoms with Gasteiger partial charge in [-0.25, -0.2) is 13.6 Å². The lowest BCUT2D eigenvalue weighted by Gasteiger charge is -2.40. The van der Waals surface area contributed by atoms with Crippen LogP contribution in [0.2, 0.25) is 0 Å². The molecule has 0 aliphatic heterocycles. The molecule has 1 fully saturated rings. The minimum atomic E-state index is -0.988. The summed E-state index contributed by atoms with van der Waals surface area (Å²) in [6, 6.07) is 9.73. The number of halogens is 2. The highest BCUT2D eigenvalue weighted by Crippen LogP contribution is 2.80. The van der Waals surface area contributed by atoms with Crippen molar-refractivity contribution >= 4 is 32.6 Å². The van der Waals surface area contributed by atoms with Gasteiger partial charge in [0.15, 0.2) is 11.6 Å².